The number of nitrogens with zero attached hydrogens (tertiary/aromatic N) is 9. The number of H-pyrrole nitrogens is 3. The smallest absolute Gasteiger partial charge is 0.187 e. The predicted molar refractivity (Wildman–Crippen MR) is 504 cm³/mol. The van der Waals surface area contributed by atoms with Gasteiger partial charge in [-0.2, -0.15) is 0 Å². The van der Waals surface area contributed by atoms with Crippen LogP contribution in [0.1, 0.15) is 126 Å². The molecule has 3 aliphatic heterocycles. The van der Waals surface area contributed by atoms with E-state index in [1.807, 2.05) is 72.8 Å². The molecule has 6 heterocycles. The molecule has 3 unspecified atom stereocenters. The van der Waals surface area contributed by atoms with Gasteiger partial charge in [0.25, 0.3) is 0 Å². The van der Waals surface area contributed by atoms with Crippen LogP contribution < -0.4 is 0 Å². The Kier molecular flexibility index (Phi) is 28.3. The summed E-state index contributed by atoms with van der Waals surface area (Å²) in [5, 5.41) is 2.35. The van der Waals surface area contributed by atoms with Gasteiger partial charge in [0.15, 0.2) is 17.1 Å². The van der Waals surface area contributed by atoms with Crippen LogP contribution in [0.15, 0.2) is 273 Å². The average molecular weight is 1720 g/mol. The van der Waals surface area contributed by atoms with Gasteiger partial charge in [0.1, 0.15) is 28.8 Å². The summed E-state index contributed by atoms with van der Waals surface area (Å²) in [6.45, 7) is 31.7. The molecule has 12 aromatic carbocycles. The van der Waals surface area contributed by atoms with Gasteiger partial charge in [-0.1, -0.05) is 276 Å². The lowest BCUT2D eigenvalue weighted by Crippen LogP contribution is -2.35. The fourth-order valence-electron chi connectivity index (χ4n) is 18.6. The van der Waals surface area contributed by atoms with Crippen molar-refractivity contribution in [3.05, 3.63) is 389 Å². The summed E-state index contributed by atoms with van der Waals surface area (Å²) in [4.78, 5) is 43.1. The third-order valence-corrected chi connectivity index (χ3v) is 26.6. The maximum atomic E-state index is 14.0. The fourth-order valence-corrected chi connectivity index (χ4v) is 19.6. The third-order valence-electron chi connectivity index (χ3n) is 25.1. The first-order chi connectivity index (χ1) is 60.2. The summed E-state index contributed by atoms with van der Waals surface area (Å²) in [5.74, 6) is 5.34. The van der Waals surface area contributed by atoms with E-state index in [0.717, 1.165) is 183 Å². The molecule has 0 spiro atoms. The molecule has 18 heteroatoms. The number of likely N-dealkylation sites (tertiary alicyclic amines) is 3. The molecule has 3 aliphatic rings. The Morgan fingerprint density at radius 2 is 0.667 bits per heavy atom. The van der Waals surface area contributed by atoms with Crippen molar-refractivity contribution < 1.29 is 4.39 Å². The first kappa shape index (κ1) is 85.3. The number of aromatic nitrogens is 6. The summed E-state index contributed by atoms with van der Waals surface area (Å²) in [6.07, 6.45) is 12.4. The van der Waals surface area contributed by atoms with Crippen LogP contribution in [-0.2, 0) is 38.9 Å². The van der Waals surface area contributed by atoms with E-state index in [4.69, 9.17) is 92.7 Å². The van der Waals surface area contributed by atoms with Gasteiger partial charge >= 0.3 is 0 Å². The first-order valence-corrected chi connectivity index (χ1v) is 44.6. The maximum Gasteiger partial charge on any atom is 0.187 e. The molecule has 12 nitrogen and oxygen atoms in total. The van der Waals surface area contributed by atoms with Gasteiger partial charge in [-0.05, 0) is 248 Å². The van der Waals surface area contributed by atoms with Crippen molar-refractivity contribution in [1.82, 2.24) is 44.6 Å². The van der Waals surface area contributed by atoms with Crippen LogP contribution in [-0.4, -0.2) is 83.9 Å². The number of halogens is 6. The second kappa shape index (κ2) is 40.9. The Morgan fingerprint density at radius 1 is 0.333 bits per heavy atom. The van der Waals surface area contributed by atoms with Crippen LogP contribution >= 0.6 is 58.0 Å². The van der Waals surface area contributed by atoms with E-state index in [9.17, 15) is 4.39 Å². The minimum Gasteiger partial charge on any atom is -0.342 e. The first-order valence-electron chi connectivity index (χ1n) is 42.7. The summed E-state index contributed by atoms with van der Waals surface area (Å²) in [6, 6.07) is 92.9. The molecule has 3 aromatic heterocycles. The molecular formula is C105H96Cl5FN12. The minimum absolute atomic E-state index is 0.0951. The number of benzene rings is 12. The average Bonchev–Trinajstić information content (AvgIpc) is 1.74. The summed E-state index contributed by atoms with van der Waals surface area (Å²) >= 11 is 31.1. The quantitative estimate of drug-likeness (QED) is 0.0520. The number of hydrogen-bond donors (Lipinski definition) is 3. The zero-order valence-corrected chi connectivity index (χ0v) is 72.4. The molecule has 0 radical (unpaired) electrons. The van der Waals surface area contributed by atoms with Crippen molar-refractivity contribution >= 4 is 108 Å². The van der Waals surface area contributed by atoms with Gasteiger partial charge in [0.05, 0.1) is 67.4 Å². The molecular weight excluding hydrogens is 1630 g/mol. The largest absolute Gasteiger partial charge is 0.342 e. The van der Waals surface area contributed by atoms with E-state index in [0.29, 0.717) is 83.7 Å². The highest BCUT2D eigenvalue weighted by atomic mass is 35.5. The monoisotopic (exact) mass is 1720 g/mol. The number of aromatic amines is 3. The van der Waals surface area contributed by atoms with Crippen molar-refractivity contribution in [2.75, 3.05) is 39.3 Å². The molecule has 3 N–H and O–H groups in total. The summed E-state index contributed by atoms with van der Waals surface area (Å²) in [7, 11) is 0. The number of aryl methyl sites for hydroxylation is 3. The molecule has 3 atom stereocenters. The molecule has 0 saturated carbocycles. The maximum absolute atomic E-state index is 14.0. The van der Waals surface area contributed by atoms with Gasteiger partial charge in [-0.3, -0.25) is 14.7 Å². The number of hydrogen-bond acceptors (Lipinski definition) is 6. The second-order valence-corrected chi connectivity index (χ2v) is 35.1. The van der Waals surface area contributed by atoms with Crippen molar-refractivity contribution in [1.29, 1.82) is 0 Å². The van der Waals surface area contributed by atoms with Crippen LogP contribution in [0.3, 0.4) is 0 Å². The van der Waals surface area contributed by atoms with Gasteiger partial charge < -0.3 is 15.0 Å². The summed E-state index contributed by atoms with van der Waals surface area (Å²) in [5.41, 5.74) is 21.6. The highest BCUT2D eigenvalue weighted by Crippen LogP contribution is 2.43. The molecule has 0 amide bonds. The third kappa shape index (κ3) is 22.1. The molecule has 3 fully saturated rings. The molecule has 3 saturated heterocycles. The standard InChI is InChI=1S/2C35H32Cl2N4.C35H32ClFN4/c1-38-30-9-5-8-28(20-30)25-10-12-26(13-11-25)31(14-15-34-39-33-22-29(36)21-32(37)35(33)40-34)27-16-18-41(19-17-27)23-24-6-3-2-4-7-24;2*1-38-29-9-5-8-28(20-29)25-10-12-26(13-11-25)30(14-15-35-39-33-21-31(36)32(37)22-34(33)40-35)27-16-18-41(19-17-27)23-24-6-3-2-4-7-24/h2-13,20-22,27,31H,14-19,23H2,(H,39,40);2*2-13,20-22,27,30H,14-19,23H2,(H,39,40). The van der Waals surface area contributed by atoms with Gasteiger partial charge in [0, 0.05) is 50.0 Å². The van der Waals surface area contributed by atoms with Crippen LogP contribution in [0.2, 0.25) is 25.1 Å². The number of imidazole rings is 3. The predicted octanol–water partition coefficient (Wildman–Crippen LogP) is 28.6. The van der Waals surface area contributed by atoms with Crippen molar-refractivity contribution in [2.45, 2.75) is 114 Å². The normalized spacial score (nSPS) is 15.1. The molecule has 123 heavy (non-hydrogen) atoms. The van der Waals surface area contributed by atoms with Gasteiger partial charge in [-0.15, -0.1) is 0 Å². The Hall–Kier alpha value is -11.2. The van der Waals surface area contributed by atoms with E-state index >= 15 is 0 Å². The lowest BCUT2D eigenvalue weighted by molar-refractivity contribution is 0.159. The molecule has 15 aromatic rings. The minimum atomic E-state index is -0.434. The Morgan fingerprint density at radius 3 is 1.03 bits per heavy atom. The van der Waals surface area contributed by atoms with Gasteiger partial charge in [-0.25, -0.2) is 33.9 Å². The molecule has 618 valence electrons. The van der Waals surface area contributed by atoms with E-state index in [1.54, 1.807) is 12.1 Å². The number of nitrogens with one attached hydrogen (secondary N) is 3. The van der Waals surface area contributed by atoms with Gasteiger partial charge in [0.2, 0.25) is 0 Å². The number of piperidine rings is 3. The molecule has 0 bridgehead atoms. The van der Waals surface area contributed by atoms with E-state index in [2.05, 4.69) is 226 Å². The van der Waals surface area contributed by atoms with Crippen molar-refractivity contribution in [3.63, 3.8) is 0 Å². The van der Waals surface area contributed by atoms with Crippen LogP contribution in [0, 0.1) is 43.3 Å². The number of fused-ring (bicyclic) bond motifs is 3. The highest BCUT2D eigenvalue weighted by molar-refractivity contribution is 6.42. The number of rotatable bonds is 24. The fraction of sp³-hybridized carbons (Fsp3) is 0.257. The lowest BCUT2D eigenvalue weighted by Gasteiger charge is -2.36. The van der Waals surface area contributed by atoms with E-state index < -0.39 is 5.82 Å². The van der Waals surface area contributed by atoms with Crippen molar-refractivity contribution in [3.8, 4) is 33.4 Å². The Labute approximate surface area is 745 Å². The van der Waals surface area contributed by atoms with Crippen LogP contribution in [0.5, 0.6) is 0 Å². The zero-order valence-electron chi connectivity index (χ0n) is 68.6. The zero-order chi connectivity index (χ0) is 84.5. The van der Waals surface area contributed by atoms with E-state index in [1.165, 1.54) is 65.1 Å². The van der Waals surface area contributed by atoms with Crippen LogP contribution in [0.4, 0.5) is 21.5 Å². The van der Waals surface area contributed by atoms with E-state index in [-0.39, 0.29) is 5.02 Å². The highest BCUT2D eigenvalue weighted by Gasteiger charge is 2.32. The summed E-state index contributed by atoms with van der Waals surface area (Å²) < 4.78 is 14.0. The van der Waals surface area contributed by atoms with Crippen LogP contribution in [0.25, 0.3) is 81.0 Å². The Balaban J connectivity index is 0.000000137. The lowest BCUT2D eigenvalue weighted by atomic mass is 9.77. The second-order valence-electron chi connectivity index (χ2n) is 33.0. The Bertz CT molecular complexity index is 5860. The molecule has 0 aliphatic carbocycles. The van der Waals surface area contributed by atoms with Crippen molar-refractivity contribution in [2.24, 2.45) is 17.8 Å². The SMILES string of the molecule is [C-]#[N+]c1cccc(-c2ccc(C(CCc3nc4c(Cl)cc(Cl)cc4[nH]3)C3CCN(Cc4ccccc4)CC3)cc2)c1.[C-]#[N+]c1cccc(-c2ccc(C(CCc3nc4cc(Cl)c(Cl)cc4[nH]3)C3CCN(Cc4ccccc4)CC3)cc2)c1.[C-]#[N+]c1cccc(-c2ccc(C(CCc3nc4cc(Cl)c(F)cc4[nH]3)C3CCN(Cc4ccccc4)CC3)cc2)c1. The molecule has 18 rings (SSSR count). The topological polar surface area (TPSA) is 109 Å².